The molecule has 0 N–H and O–H groups in total. The molecule has 2 aliphatic carbocycles. The summed E-state index contributed by atoms with van der Waals surface area (Å²) in [4.78, 5) is 0. The molecule has 11 rings (SSSR count). The molecule has 0 bridgehead atoms. The van der Waals surface area contributed by atoms with E-state index in [-0.39, 0.29) is 10.8 Å². The smallest absolute Gasteiger partial charge is 0.0620 e. The maximum atomic E-state index is 2.55. The molecule has 1 heterocycles. The highest BCUT2D eigenvalue weighted by Gasteiger charge is 2.44. The van der Waals surface area contributed by atoms with Gasteiger partial charge in [0.2, 0.25) is 0 Å². The molecule has 0 radical (unpaired) electrons. The predicted molar refractivity (Wildman–Crippen MR) is 200 cm³/mol. The highest BCUT2D eigenvalue weighted by Crippen LogP contribution is 2.62. The van der Waals surface area contributed by atoms with Gasteiger partial charge in [0.05, 0.1) is 11.0 Å². The SMILES string of the molecule is CC1(C)c2ccccc2-c2c1c1c3c(cc4cc5c6ccccc6n(-c6ccccc6)c5c5ccc2c3c45)C(C)(C)c2ccccc2-1. The molecule has 222 valence electrons. The summed E-state index contributed by atoms with van der Waals surface area (Å²) in [5, 5.41) is 10.9. The second kappa shape index (κ2) is 8.30. The number of para-hydroxylation sites is 2. The molecule has 9 aromatic rings. The highest BCUT2D eigenvalue weighted by molar-refractivity contribution is 6.36. The zero-order valence-electron chi connectivity index (χ0n) is 27.1. The van der Waals surface area contributed by atoms with Crippen molar-refractivity contribution in [3.8, 4) is 27.9 Å². The Morgan fingerprint density at radius 1 is 0.447 bits per heavy atom. The van der Waals surface area contributed by atoms with Crippen molar-refractivity contribution < 1.29 is 0 Å². The monoisotopic (exact) mass is 599 g/mol. The van der Waals surface area contributed by atoms with Crippen LogP contribution in [-0.4, -0.2) is 4.57 Å². The molecule has 0 saturated carbocycles. The third-order valence-corrected chi connectivity index (χ3v) is 11.9. The first-order valence-electron chi connectivity index (χ1n) is 16.9. The summed E-state index contributed by atoms with van der Waals surface area (Å²) in [6.45, 7) is 9.75. The van der Waals surface area contributed by atoms with E-state index in [2.05, 4.69) is 160 Å². The van der Waals surface area contributed by atoms with E-state index in [0.29, 0.717) is 0 Å². The molecule has 47 heavy (non-hydrogen) atoms. The molecule has 8 aromatic carbocycles. The van der Waals surface area contributed by atoms with Gasteiger partial charge in [-0.15, -0.1) is 0 Å². The van der Waals surface area contributed by atoms with Crippen molar-refractivity contribution in [1.29, 1.82) is 0 Å². The fourth-order valence-corrected chi connectivity index (χ4v) is 9.88. The zero-order valence-corrected chi connectivity index (χ0v) is 27.1. The van der Waals surface area contributed by atoms with Gasteiger partial charge in [0, 0.05) is 32.7 Å². The van der Waals surface area contributed by atoms with E-state index in [4.69, 9.17) is 0 Å². The van der Waals surface area contributed by atoms with Gasteiger partial charge in [0.1, 0.15) is 0 Å². The van der Waals surface area contributed by atoms with E-state index in [9.17, 15) is 0 Å². The molecule has 0 fully saturated rings. The summed E-state index contributed by atoms with van der Waals surface area (Å²) in [5.41, 5.74) is 14.9. The lowest BCUT2D eigenvalue weighted by Crippen LogP contribution is -2.26. The van der Waals surface area contributed by atoms with Gasteiger partial charge < -0.3 is 4.57 Å². The maximum Gasteiger partial charge on any atom is 0.0620 e. The Morgan fingerprint density at radius 2 is 1.09 bits per heavy atom. The van der Waals surface area contributed by atoms with Crippen LogP contribution in [0.15, 0.2) is 127 Å². The van der Waals surface area contributed by atoms with Crippen LogP contribution in [0.4, 0.5) is 0 Å². The third kappa shape index (κ3) is 2.89. The number of benzene rings is 8. The van der Waals surface area contributed by atoms with E-state index in [0.717, 1.165) is 0 Å². The lowest BCUT2D eigenvalue weighted by atomic mass is 9.64. The van der Waals surface area contributed by atoms with Crippen molar-refractivity contribution >= 4 is 54.1 Å². The van der Waals surface area contributed by atoms with E-state index in [1.165, 1.54) is 104 Å². The second-order valence-electron chi connectivity index (χ2n) is 14.9. The average molecular weight is 600 g/mol. The Hall–Kier alpha value is -5.40. The molecule has 0 saturated heterocycles. The van der Waals surface area contributed by atoms with Crippen molar-refractivity contribution in [2.75, 3.05) is 0 Å². The molecule has 1 nitrogen and oxygen atoms in total. The molecule has 0 atom stereocenters. The van der Waals surface area contributed by atoms with Crippen LogP contribution in [0, 0.1) is 0 Å². The van der Waals surface area contributed by atoms with Gasteiger partial charge in [-0.2, -0.15) is 0 Å². The Bertz CT molecular complexity index is 2830. The summed E-state index contributed by atoms with van der Waals surface area (Å²) in [6.07, 6.45) is 0. The van der Waals surface area contributed by atoms with Crippen LogP contribution in [0.2, 0.25) is 0 Å². The molecule has 0 amide bonds. The molecule has 1 heteroatoms. The van der Waals surface area contributed by atoms with Crippen molar-refractivity contribution in [3.63, 3.8) is 0 Å². The first-order valence-corrected chi connectivity index (χ1v) is 16.9. The molecule has 1 aromatic heterocycles. The summed E-state index contributed by atoms with van der Waals surface area (Å²) >= 11 is 0. The average Bonchev–Trinajstić information content (AvgIpc) is 3.55. The largest absolute Gasteiger partial charge is 0.309 e. The lowest BCUT2D eigenvalue weighted by molar-refractivity contribution is 0.639. The minimum absolute atomic E-state index is 0.120. The van der Waals surface area contributed by atoms with Crippen LogP contribution >= 0.6 is 0 Å². The van der Waals surface area contributed by atoms with Gasteiger partial charge in [-0.05, 0) is 102 Å². The first-order chi connectivity index (χ1) is 22.9. The number of hydrogen-bond donors (Lipinski definition) is 0. The Balaban J connectivity index is 1.45. The summed E-state index contributed by atoms with van der Waals surface area (Å²) in [7, 11) is 0. The Morgan fingerprint density at radius 3 is 1.87 bits per heavy atom. The number of rotatable bonds is 1. The fourth-order valence-electron chi connectivity index (χ4n) is 9.88. The van der Waals surface area contributed by atoms with Crippen molar-refractivity contribution in [2.45, 2.75) is 38.5 Å². The van der Waals surface area contributed by atoms with Crippen LogP contribution in [0.3, 0.4) is 0 Å². The molecular weight excluding hydrogens is 567 g/mol. The van der Waals surface area contributed by atoms with E-state index < -0.39 is 0 Å². The van der Waals surface area contributed by atoms with E-state index >= 15 is 0 Å². The summed E-state index contributed by atoms with van der Waals surface area (Å²) in [5.74, 6) is 0. The summed E-state index contributed by atoms with van der Waals surface area (Å²) in [6, 6.07) is 48.1. The van der Waals surface area contributed by atoms with Crippen LogP contribution in [0.1, 0.15) is 49.9 Å². The number of hydrogen-bond acceptors (Lipinski definition) is 0. The molecule has 0 spiro atoms. The number of fused-ring (bicyclic) bond motifs is 11. The van der Waals surface area contributed by atoms with E-state index in [1.54, 1.807) is 0 Å². The Kier molecular flexibility index (Phi) is 4.55. The van der Waals surface area contributed by atoms with Crippen LogP contribution in [0.25, 0.3) is 82.1 Å². The van der Waals surface area contributed by atoms with Gasteiger partial charge in [-0.25, -0.2) is 0 Å². The predicted octanol–water partition coefficient (Wildman–Crippen LogP) is 12.3. The second-order valence-corrected chi connectivity index (χ2v) is 14.9. The van der Waals surface area contributed by atoms with Crippen molar-refractivity contribution in [2.24, 2.45) is 0 Å². The quantitative estimate of drug-likeness (QED) is 0.165. The van der Waals surface area contributed by atoms with Crippen molar-refractivity contribution in [3.05, 3.63) is 150 Å². The maximum absolute atomic E-state index is 2.55. The first kappa shape index (κ1) is 25.8. The van der Waals surface area contributed by atoms with Gasteiger partial charge in [0.15, 0.2) is 0 Å². The standard InChI is InChI=1S/C46H33N/c1-45(2)34-19-11-9-18-30(34)41-42-36(45)25-26-24-33-28-16-10-13-21-37(28)47(27-14-6-5-7-15-27)44(33)32-23-22-31(40(42)38(26)32)39-29-17-8-12-20-35(29)46(3,4)43(39)41/h5-25H,1-4H3. The summed E-state index contributed by atoms with van der Waals surface area (Å²) < 4.78 is 2.49. The topological polar surface area (TPSA) is 4.93 Å². The number of aromatic nitrogens is 1. The highest BCUT2D eigenvalue weighted by atomic mass is 15.0. The zero-order chi connectivity index (χ0) is 31.4. The molecule has 0 aliphatic heterocycles. The Labute approximate surface area is 274 Å². The third-order valence-electron chi connectivity index (χ3n) is 11.9. The molecule has 0 unspecified atom stereocenters. The van der Waals surface area contributed by atoms with E-state index in [1.807, 2.05) is 0 Å². The lowest BCUT2D eigenvalue weighted by Gasteiger charge is -2.39. The van der Waals surface area contributed by atoms with Crippen LogP contribution < -0.4 is 0 Å². The van der Waals surface area contributed by atoms with Gasteiger partial charge in [0.25, 0.3) is 0 Å². The van der Waals surface area contributed by atoms with Gasteiger partial charge in [-0.1, -0.05) is 125 Å². The normalized spacial score (nSPS) is 15.6. The van der Waals surface area contributed by atoms with Crippen LogP contribution in [0.5, 0.6) is 0 Å². The van der Waals surface area contributed by atoms with Gasteiger partial charge in [-0.3, -0.25) is 0 Å². The number of nitrogens with zero attached hydrogens (tertiary/aromatic N) is 1. The fraction of sp³-hybridized carbons (Fsp3) is 0.130. The molecular formula is C46H33N. The van der Waals surface area contributed by atoms with Gasteiger partial charge >= 0.3 is 0 Å². The van der Waals surface area contributed by atoms with Crippen molar-refractivity contribution in [1.82, 2.24) is 4.57 Å². The minimum atomic E-state index is -0.146. The molecule has 2 aliphatic rings. The minimum Gasteiger partial charge on any atom is -0.309 e. The van der Waals surface area contributed by atoms with Crippen LogP contribution in [-0.2, 0) is 10.8 Å².